The second-order valence-corrected chi connectivity index (χ2v) is 5.60. The summed E-state index contributed by atoms with van der Waals surface area (Å²) < 4.78 is 51.0. The Balaban J connectivity index is 3.04. The summed E-state index contributed by atoms with van der Waals surface area (Å²) in [5.41, 5.74) is 0.912. The molecule has 1 rings (SSSR count). The molecule has 0 heterocycles. The van der Waals surface area contributed by atoms with E-state index in [4.69, 9.17) is 8.30 Å². The van der Waals surface area contributed by atoms with Crippen LogP contribution in [0.25, 0.3) is 0 Å². The van der Waals surface area contributed by atoms with Crippen LogP contribution in [0.5, 0.6) is 0 Å². The molecule has 90 valence electrons. The first-order chi connectivity index (χ1) is 8.54. The van der Waals surface area contributed by atoms with Gasteiger partial charge < -0.3 is 0 Å². The van der Waals surface area contributed by atoms with Crippen molar-refractivity contribution in [1.82, 2.24) is 0 Å². The molecule has 1 aromatic carbocycles. The van der Waals surface area contributed by atoms with E-state index in [1.165, 1.54) is 12.1 Å². The number of hydrogen-bond donors (Lipinski definition) is 0. The van der Waals surface area contributed by atoms with Crippen molar-refractivity contribution in [3.05, 3.63) is 29.8 Å². The Morgan fingerprint density at radius 3 is 2.25 bits per heavy atom. The van der Waals surface area contributed by atoms with Gasteiger partial charge in [-0.2, -0.15) is 8.42 Å². The van der Waals surface area contributed by atoms with Gasteiger partial charge in [-0.15, -0.1) is 0 Å². The lowest BCUT2D eigenvalue weighted by Crippen LogP contribution is -2.20. The smallest absolute Gasteiger partial charge is 0.263 e. The molecule has 16 heavy (non-hydrogen) atoms. The van der Waals surface area contributed by atoms with Crippen molar-refractivity contribution in [3.8, 4) is 0 Å². The fourth-order valence-corrected chi connectivity index (χ4v) is 2.08. The fraction of sp³-hybridized carbons (Fsp3) is 0.500. The number of rotatable bonds is 4. The summed E-state index contributed by atoms with van der Waals surface area (Å²) in [7, 11) is -4.06. The van der Waals surface area contributed by atoms with Gasteiger partial charge in [0.15, 0.2) is 0 Å². The molecule has 0 bridgehead atoms. The Morgan fingerprint density at radius 1 is 1.25 bits per heavy atom. The zero-order valence-electron chi connectivity index (χ0n) is 12.6. The summed E-state index contributed by atoms with van der Waals surface area (Å²) in [6, 6.07) is 6.08. The summed E-state index contributed by atoms with van der Waals surface area (Å²) in [6.07, 6.45) is -1.35. The van der Waals surface area contributed by atoms with E-state index in [0.717, 1.165) is 5.56 Å². The predicted octanol–water partition coefficient (Wildman–Crippen LogP) is 2.74. The number of aryl methyl sites for hydroxylation is 1. The molecule has 3 nitrogen and oxygen atoms in total. The monoisotopic (exact) mass is 245 g/mol. The molecule has 1 atom stereocenters. The van der Waals surface area contributed by atoms with Gasteiger partial charge in [0.05, 0.1) is 11.0 Å². The van der Waals surface area contributed by atoms with Crippen LogP contribution in [0.4, 0.5) is 0 Å². The van der Waals surface area contributed by atoms with Crippen LogP contribution in [-0.2, 0) is 14.3 Å². The zero-order valence-corrected chi connectivity index (χ0v) is 10.4. The molecule has 0 fully saturated rings. The Morgan fingerprint density at radius 2 is 1.81 bits per heavy atom. The lowest BCUT2D eigenvalue weighted by atomic mass is 10.1. The first-order valence-electron chi connectivity index (χ1n) is 6.54. The minimum Gasteiger partial charge on any atom is -0.263 e. The number of hydrogen-bond acceptors (Lipinski definition) is 3. The molecule has 0 radical (unpaired) electrons. The second kappa shape index (κ2) is 4.97. The predicted molar refractivity (Wildman–Crippen MR) is 63.7 cm³/mol. The van der Waals surface area contributed by atoms with E-state index in [1.807, 2.05) is 6.92 Å². The van der Waals surface area contributed by atoms with Crippen molar-refractivity contribution in [2.45, 2.75) is 38.6 Å². The standard InChI is InChI=1S/C12H18O3S/c1-9(2)11(4)15-16(13,14)12-7-5-10(3)6-8-12/h5-9,11H,1-4H3/i4D3. The van der Waals surface area contributed by atoms with Crippen molar-refractivity contribution >= 4 is 10.1 Å². The maximum Gasteiger partial charge on any atom is 0.297 e. The molecular formula is C12H18O3S. The molecule has 0 spiro atoms. The lowest BCUT2D eigenvalue weighted by Gasteiger charge is -2.16. The summed E-state index contributed by atoms with van der Waals surface area (Å²) in [5, 5.41) is 0. The molecule has 1 aromatic rings. The molecule has 0 amide bonds. The third-order valence-corrected chi connectivity index (χ3v) is 3.46. The maximum atomic E-state index is 12.0. The van der Waals surface area contributed by atoms with Crippen molar-refractivity contribution < 1.29 is 16.7 Å². The minimum atomic E-state index is -4.06. The van der Waals surface area contributed by atoms with Crippen molar-refractivity contribution in [3.63, 3.8) is 0 Å². The molecule has 0 saturated carbocycles. The van der Waals surface area contributed by atoms with Gasteiger partial charge in [0.1, 0.15) is 0 Å². The van der Waals surface area contributed by atoms with Gasteiger partial charge in [-0.25, -0.2) is 0 Å². The van der Waals surface area contributed by atoms with Crippen molar-refractivity contribution in [2.75, 3.05) is 0 Å². The van der Waals surface area contributed by atoms with E-state index in [9.17, 15) is 8.42 Å². The second-order valence-electron chi connectivity index (χ2n) is 4.03. The molecule has 0 aliphatic carbocycles. The van der Waals surface area contributed by atoms with Crippen LogP contribution in [0.2, 0.25) is 0 Å². The van der Waals surface area contributed by atoms with Gasteiger partial charge in [0.25, 0.3) is 10.1 Å². The largest absolute Gasteiger partial charge is 0.297 e. The Hall–Kier alpha value is -0.870. The van der Waals surface area contributed by atoms with Crippen LogP contribution >= 0.6 is 0 Å². The average molecular weight is 245 g/mol. The Kier molecular flexibility index (Phi) is 2.86. The maximum absolute atomic E-state index is 12.0. The summed E-state index contributed by atoms with van der Waals surface area (Å²) in [6.45, 7) is 2.58. The van der Waals surface area contributed by atoms with Crippen LogP contribution in [0.3, 0.4) is 0 Å². The van der Waals surface area contributed by atoms with Gasteiger partial charge in [0.2, 0.25) is 0 Å². The van der Waals surface area contributed by atoms with Crippen LogP contribution in [0.15, 0.2) is 29.2 Å². The van der Waals surface area contributed by atoms with Gasteiger partial charge in [-0.1, -0.05) is 31.5 Å². The highest BCUT2D eigenvalue weighted by Crippen LogP contribution is 2.17. The van der Waals surface area contributed by atoms with E-state index < -0.39 is 29.0 Å². The molecule has 0 aliphatic rings. The van der Waals surface area contributed by atoms with Crippen LogP contribution in [0.1, 0.15) is 30.4 Å². The lowest BCUT2D eigenvalue weighted by molar-refractivity contribution is 0.178. The zero-order chi connectivity index (χ0) is 14.8. The highest BCUT2D eigenvalue weighted by atomic mass is 32.2. The van der Waals surface area contributed by atoms with E-state index in [2.05, 4.69) is 0 Å². The molecule has 1 unspecified atom stereocenters. The minimum absolute atomic E-state index is 0.0343. The van der Waals surface area contributed by atoms with Gasteiger partial charge >= 0.3 is 0 Å². The van der Waals surface area contributed by atoms with E-state index in [1.54, 1.807) is 26.0 Å². The first kappa shape index (κ1) is 9.19. The van der Waals surface area contributed by atoms with Gasteiger partial charge in [-0.05, 0) is 31.8 Å². The molecule has 0 N–H and O–H groups in total. The highest BCUT2D eigenvalue weighted by molar-refractivity contribution is 7.86. The van der Waals surface area contributed by atoms with Crippen molar-refractivity contribution in [2.24, 2.45) is 5.92 Å². The average Bonchev–Trinajstić information content (AvgIpc) is 2.24. The van der Waals surface area contributed by atoms with E-state index in [0.29, 0.717) is 0 Å². The summed E-state index contributed by atoms with van der Waals surface area (Å²) in [4.78, 5) is -0.0343. The van der Waals surface area contributed by atoms with Gasteiger partial charge in [-0.3, -0.25) is 4.18 Å². The van der Waals surface area contributed by atoms with Crippen LogP contribution in [-0.4, -0.2) is 14.5 Å². The molecule has 0 aliphatic heterocycles. The highest BCUT2D eigenvalue weighted by Gasteiger charge is 2.20. The molecule has 0 saturated heterocycles. The van der Waals surface area contributed by atoms with E-state index in [-0.39, 0.29) is 4.90 Å². The Labute approximate surface area is 102 Å². The Bertz CT molecular complexity index is 518. The van der Waals surface area contributed by atoms with Crippen LogP contribution in [0, 0.1) is 12.8 Å². The number of benzene rings is 1. The molecule has 4 heteroatoms. The van der Waals surface area contributed by atoms with Gasteiger partial charge in [0, 0.05) is 4.11 Å². The summed E-state index contributed by atoms with van der Waals surface area (Å²) >= 11 is 0. The third kappa shape index (κ3) is 3.32. The SMILES string of the molecule is [2H]C([2H])([2H])C(OS(=O)(=O)c1ccc(C)cc1)C(C)C. The molecule has 0 aromatic heterocycles. The fourth-order valence-electron chi connectivity index (χ4n) is 1.01. The van der Waals surface area contributed by atoms with Crippen molar-refractivity contribution in [1.29, 1.82) is 0 Å². The quantitative estimate of drug-likeness (QED) is 0.766. The normalized spacial score (nSPS) is 17.6. The first-order valence-corrected chi connectivity index (χ1v) is 6.45. The van der Waals surface area contributed by atoms with E-state index >= 15 is 0 Å². The molecular weight excluding hydrogens is 224 g/mol. The topological polar surface area (TPSA) is 43.4 Å². The van der Waals surface area contributed by atoms with Crippen LogP contribution < -0.4 is 0 Å². The summed E-state index contributed by atoms with van der Waals surface area (Å²) in [5.74, 6) is -0.437. The third-order valence-electron chi connectivity index (χ3n) is 2.15.